The first-order chi connectivity index (χ1) is 27.1. The van der Waals surface area contributed by atoms with Gasteiger partial charge in [-0.05, 0) is 89.5 Å². The van der Waals surface area contributed by atoms with Gasteiger partial charge in [-0.3, -0.25) is 9.36 Å². The molecule has 0 amide bonds. The molecule has 0 aromatic rings. The Labute approximate surface area is 343 Å². The molecular weight excluding hydrogens is 725 g/mol. The normalized spacial score (nSPS) is 17.9. The molecule has 1 heterocycles. The molecule has 9 nitrogen and oxygen atoms in total. The minimum atomic E-state index is -4.54. The first kappa shape index (κ1) is 52.0. The van der Waals surface area contributed by atoms with Gasteiger partial charge < -0.3 is 32.6 Å². The lowest BCUT2D eigenvalue weighted by Crippen LogP contribution is -2.37. The van der Waals surface area contributed by atoms with Crippen molar-refractivity contribution in [3.05, 3.63) is 60.9 Å². The molecule has 56 heavy (non-hydrogen) atoms. The average molecular weight is 808 g/mol. The smallest absolute Gasteiger partial charge is 0.305 e. The zero-order valence-electron chi connectivity index (χ0n) is 36.3. The van der Waals surface area contributed by atoms with Crippen molar-refractivity contribution in [3.63, 3.8) is 0 Å². The highest BCUT2D eigenvalue weighted by Crippen LogP contribution is 2.38. The third-order valence-corrected chi connectivity index (χ3v) is 10.5. The van der Waals surface area contributed by atoms with Crippen molar-refractivity contribution in [3.8, 4) is 0 Å². The summed E-state index contributed by atoms with van der Waals surface area (Å²) in [5.41, 5.74) is 0. The maximum Gasteiger partial charge on any atom is 0.305 e. The second kappa shape index (κ2) is 35.0. The molecule has 0 spiro atoms. The molecule has 1 fully saturated rings. The van der Waals surface area contributed by atoms with Crippen molar-refractivity contribution in [2.75, 3.05) is 47.5 Å². The number of unbranched alkanes of at least 4 members (excludes halogenated alkanes) is 15. The standard InChI is InChI=1S/C46H82NO8P/c1-6-8-10-12-14-16-17-18-19-20-21-22-24-26-30-34-39-51-43(42-54-56(49,50)53-40-38-47(3,4)5)41-52-46(48)37-33-29-28-32-36-45-44(55-45)35-31-27-25-23-15-13-11-9-7-2/h15,18-19,23,27-28,31-32,34,39,43-45H,6-14,16-17,20-22,24-26,29-30,33,35-38,40-42H2,1-5H3/b19-18-,23-15-,31-27-,32-28-,39-34+/t43-,44?,45?/m1/s1. The predicted molar refractivity (Wildman–Crippen MR) is 230 cm³/mol. The summed E-state index contributed by atoms with van der Waals surface area (Å²) in [5.74, 6) is -0.356. The lowest BCUT2D eigenvalue weighted by molar-refractivity contribution is -0.870. The molecule has 0 N–H and O–H groups in total. The Morgan fingerprint density at radius 3 is 1.80 bits per heavy atom. The first-order valence-electron chi connectivity index (χ1n) is 22.2. The lowest BCUT2D eigenvalue weighted by atomic mass is 10.1. The van der Waals surface area contributed by atoms with E-state index in [0.29, 0.717) is 23.6 Å². The molecule has 1 aliphatic rings. The van der Waals surface area contributed by atoms with Gasteiger partial charge in [0.15, 0.2) is 6.10 Å². The van der Waals surface area contributed by atoms with E-state index < -0.39 is 13.9 Å². The van der Waals surface area contributed by atoms with Crippen LogP contribution in [0, 0.1) is 0 Å². The second-order valence-corrected chi connectivity index (χ2v) is 17.6. The van der Waals surface area contributed by atoms with E-state index in [1.807, 2.05) is 27.2 Å². The molecular formula is C46H82NO8P. The van der Waals surface area contributed by atoms with Crippen molar-refractivity contribution in [1.29, 1.82) is 0 Å². The molecule has 0 bridgehead atoms. The van der Waals surface area contributed by atoms with Gasteiger partial charge in [-0.25, -0.2) is 0 Å². The Morgan fingerprint density at radius 1 is 0.661 bits per heavy atom. The topological polar surface area (TPSA) is 107 Å². The van der Waals surface area contributed by atoms with Crippen LogP contribution in [-0.2, 0) is 32.6 Å². The van der Waals surface area contributed by atoms with Gasteiger partial charge in [0, 0.05) is 6.42 Å². The maximum absolute atomic E-state index is 12.5. The number of quaternary nitrogens is 1. The van der Waals surface area contributed by atoms with Crippen LogP contribution in [0.3, 0.4) is 0 Å². The molecule has 0 aromatic heterocycles. The SMILES string of the molecule is CCCCC/C=C\C/C=C\CC1OC1C/C=C\CCCC(=O)OC[C@H](COP(=O)([O-])OCC[N+](C)(C)C)O/C=C/CCCCCC/C=C\CCCCCCCC. The van der Waals surface area contributed by atoms with E-state index in [1.54, 1.807) is 6.26 Å². The number of esters is 1. The number of nitrogens with zero attached hydrogens (tertiary/aromatic N) is 1. The van der Waals surface area contributed by atoms with Gasteiger partial charge >= 0.3 is 5.97 Å². The van der Waals surface area contributed by atoms with Gasteiger partial charge in [-0.2, -0.15) is 0 Å². The Morgan fingerprint density at radius 2 is 1.16 bits per heavy atom. The average Bonchev–Trinajstić information content (AvgIpc) is 3.91. The van der Waals surface area contributed by atoms with Gasteiger partial charge in [0.25, 0.3) is 7.82 Å². The third kappa shape index (κ3) is 35.2. The number of hydrogen-bond donors (Lipinski definition) is 0. The van der Waals surface area contributed by atoms with Crippen LogP contribution >= 0.6 is 7.82 Å². The summed E-state index contributed by atoms with van der Waals surface area (Å²) < 4.78 is 40.1. The summed E-state index contributed by atoms with van der Waals surface area (Å²) in [6, 6.07) is 0. The number of carbonyl (C=O) groups excluding carboxylic acids is 1. The first-order valence-corrected chi connectivity index (χ1v) is 23.6. The Kier molecular flexibility index (Phi) is 32.5. The molecule has 0 saturated carbocycles. The molecule has 1 aliphatic heterocycles. The fourth-order valence-corrected chi connectivity index (χ4v) is 6.58. The van der Waals surface area contributed by atoms with Crippen LogP contribution in [0.5, 0.6) is 0 Å². The van der Waals surface area contributed by atoms with Crippen molar-refractivity contribution >= 4 is 13.8 Å². The number of phosphoric ester groups is 1. The molecule has 0 aliphatic carbocycles. The second-order valence-electron chi connectivity index (χ2n) is 16.1. The monoisotopic (exact) mass is 808 g/mol. The highest BCUT2D eigenvalue weighted by atomic mass is 31.2. The van der Waals surface area contributed by atoms with E-state index in [9.17, 15) is 14.3 Å². The summed E-state index contributed by atoms with van der Waals surface area (Å²) in [5, 5.41) is 0. The van der Waals surface area contributed by atoms with Crippen LogP contribution in [-0.4, -0.2) is 76.3 Å². The van der Waals surface area contributed by atoms with Gasteiger partial charge in [0.1, 0.15) is 19.8 Å². The van der Waals surface area contributed by atoms with E-state index in [-0.39, 0.29) is 38.3 Å². The summed E-state index contributed by atoms with van der Waals surface area (Å²) >= 11 is 0. The minimum absolute atomic E-state index is 0.0115. The third-order valence-electron chi connectivity index (χ3n) is 9.53. The minimum Gasteiger partial charge on any atom is -0.756 e. The highest BCUT2D eigenvalue weighted by Gasteiger charge is 2.36. The summed E-state index contributed by atoms with van der Waals surface area (Å²) in [6.07, 6.45) is 46.5. The molecule has 10 heteroatoms. The summed E-state index contributed by atoms with van der Waals surface area (Å²) in [6.45, 7) is 4.57. The van der Waals surface area contributed by atoms with Gasteiger partial charge in [-0.15, -0.1) is 0 Å². The van der Waals surface area contributed by atoms with Gasteiger partial charge in [0.05, 0.1) is 46.2 Å². The number of hydrogen-bond acceptors (Lipinski definition) is 8. The highest BCUT2D eigenvalue weighted by molar-refractivity contribution is 7.45. The van der Waals surface area contributed by atoms with Crippen LogP contribution in [0.25, 0.3) is 0 Å². The molecule has 0 aromatic carbocycles. The molecule has 324 valence electrons. The van der Waals surface area contributed by atoms with E-state index >= 15 is 0 Å². The summed E-state index contributed by atoms with van der Waals surface area (Å²) in [4.78, 5) is 24.9. The Balaban J connectivity index is 2.31. The number of rotatable bonds is 39. The largest absolute Gasteiger partial charge is 0.756 e. The quantitative estimate of drug-likeness (QED) is 0.0115. The van der Waals surface area contributed by atoms with Crippen molar-refractivity contribution in [1.82, 2.24) is 0 Å². The molecule has 3 unspecified atom stereocenters. The number of allylic oxidation sites excluding steroid dienone is 7. The lowest BCUT2D eigenvalue weighted by Gasteiger charge is -2.28. The molecule has 1 rings (SSSR count). The van der Waals surface area contributed by atoms with Crippen LogP contribution in [0.2, 0.25) is 0 Å². The van der Waals surface area contributed by atoms with Crippen molar-refractivity contribution < 1.29 is 42.0 Å². The number of likely N-dealkylation sites (N-methyl/N-ethyl adjacent to an activating group) is 1. The Bertz CT molecular complexity index is 1140. The zero-order chi connectivity index (χ0) is 41.0. The van der Waals surface area contributed by atoms with Crippen LogP contribution < -0.4 is 4.89 Å². The van der Waals surface area contributed by atoms with Gasteiger partial charge in [0.2, 0.25) is 0 Å². The maximum atomic E-state index is 12.5. The Hall–Kier alpha value is -2.00. The van der Waals surface area contributed by atoms with E-state index in [0.717, 1.165) is 51.4 Å². The number of epoxide rings is 1. The predicted octanol–water partition coefficient (Wildman–Crippen LogP) is 11.6. The molecule has 1 saturated heterocycles. The van der Waals surface area contributed by atoms with Crippen molar-refractivity contribution in [2.24, 2.45) is 0 Å². The molecule has 4 atom stereocenters. The summed E-state index contributed by atoms with van der Waals surface area (Å²) in [7, 11) is 1.31. The van der Waals surface area contributed by atoms with Crippen LogP contribution in [0.15, 0.2) is 60.9 Å². The molecule has 0 radical (unpaired) electrons. The van der Waals surface area contributed by atoms with Crippen LogP contribution in [0.4, 0.5) is 0 Å². The van der Waals surface area contributed by atoms with E-state index in [2.05, 4.69) is 62.5 Å². The fourth-order valence-electron chi connectivity index (χ4n) is 5.85. The van der Waals surface area contributed by atoms with Crippen LogP contribution in [0.1, 0.15) is 162 Å². The van der Waals surface area contributed by atoms with Gasteiger partial charge in [-0.1, -0.05) is 120 Å². The van der Waals surface area contributed by atoms with E-state index in [1.165, 1.54) is 83.5 Å². The fraction of sp³-hybridized carbons (Fsp3) is 0.761. The number of carbonyl (C=O) groups is 1. The number of ether oxygens (including phenoxy) is 3. The van der Waals surface area contributed by atoms with E-state index in [4.69, 9.17) is 23.3 Å². The number of phosphoric acid groups is 1. The van der Waals surface area contributed by atoms with Crippen molar-refractivity contribution in [2.45, 2.75) is 180 Å². The zero-order valence-corrected chi connectivity index (χ0v) is 37.2.